The Morgan fingerprint density at radius 3 is 2.52 bits per heavy atom. The highest BCUT2D eigenvalue weighted by Gasteiger charge is 2.22. The van der Waals surface area contributed by atoms with Crippen LogP contribution >= 0.6 is 0 Å². The van der Waals surface area contributed by atoms with E-state index in [1.807, 2.05) is 18.2 Å². The first kappa shape index (κ1) is 15.0. The van der Waals surface area contributed by atoms with Crippen LogP contribution in [0.4, 0.5) is 16.2 Å². The van der Waals surface area contributed by atoms with Crippen molar-refractivity contribution in [2.24, 2.45) is 0 Å². The summed E-state index contributed by atoms with van der Waals surface area (Å²) in [7, 11) is 0. The first-order chi connectivity index (χ1) is 9.97. The zero-order valence-electron chi connectivity index (χ0n) is 12.0. The quantitative estimate of drug-likeness (QED) is 0.712. The molecule has 1 aliphatic heterocycles. The van der Waals surface area contributed by atoms with Crippen molar-refractivity contribution < 1.29 is 14.7 Å². The van der Waals surface area contributed by atoms with E-state index in [2.05, 4.69) is 10.2 Å². The second kappa shape index (κ2) is 6.34. The second-order valence-electron chi connectivity index (χ2n) is 5.05. The maximum Gasteiger partial charge on any atom is 0.407 e. The number of benzene rings is 1. The van der Waals surface area contributed by atoms with Crippen molar-refractivity contribution in [3.05, 3.63) is 23.8 Å². The molecule has 0 radical (unpaired) electrons. The number of piperazine rings is 1. The van der Waals surface area contributed by atoms with Gasteiger partial charge in [-0.25, -0.2) is 4.79 Å². The van der Waals surface area contributed by atoms with Crippen LogP contribution in [0.5, 0.6) is 0 Å². The van der Waals surface area contributed by atoms with E-state index in [0.29, 0.717) is 38.4 Å². The highest BCUT2D eigenvalue weighted by atomic mass is 16.4. The SMILES string of the molecule is CC(=O)NCc1cc(N)ccc1N1CCN(C(=O)O)CC1. The average Bonchev–Trinajstić information content (AvgIpc) is 2.45. The second-order valence-corrected chi connectivity index (χ2v) is 5.05. The summed E-state index contributed by atoms with van der Waals surface area (Å²) in [5.74, 6) is -0.0981. The molecule has 1 aromatic rings. The lowest BCUT2D eigenvalue weighted by Crippen LogP contribution is -2.48. The fraction of sp³-hybridized carbons (Fsp3) is 0.429. The topological polar surface area (TPSA) is 98.9 Å². The maximum absolute atomic E-state index is 11.1. The Balaban J connectivity index is 2.12. The van der Waals surface area contributed by atoms with E-state index in [-0.39, 0.29) is 5.91 Å². The van der Waals surface area contributed by atoms with E-state index in [4.69, 9.17) is 10.8 Å². The lowest BCUT2D eigenvalue weighted by molar-refractivity contribution is -0.119. The Kier molecular flexibility index (Phi) is 4.52. The summed E-state index contributed by atoms with van der Waals surface area (Å²) in [6.07, 6.45) is -0.884. The third-order valence-corrected chi connectivity index (χ3v) is 3.52. The van der Waals surface area contributed by atoms with Gasteiger partial charge in [-0.05, 0) is 23.8 Å². The number of carboxylic acid groups (broad SMARTS) is 1. The lowest BCUT2D eigenvalue weighted by Gasteiger charge is -2.35. The molecular weight excluding hydrogens is 272 g/mol. The summed E-state index contributed by atoms with van der Waals surface area (Å²) in [6.45, 7) is 4.08. The standard InChI is InChI=1S/C14H20N4O3/c1-10(19)16-9-11-8-12(15)2-3-13(11)17-4-6-18(7-5-17)14(20)21/h2-3,8H,4-7,9,15H2,1H3,(H,16,19)(H,20,21). The molecule has 0 aliphatic carbocycles. The highest BCUT2D eigenvalue weighted by molar-refractivity contribution is 5.73. The van der Waals surface area contributed by atoms with E-state index in [9.17, 15) is 9.59 Å². The summed E-state index contributed by atoms with van der Waals surface area (Å²) in [5.41, 5.74) is 8.38. The number of amides is 2. The first-order valence-corrected chi connectivity index (χ1v) is 6.83. The number of carbonyl (C=O) groups excluding carboxylic acids is 1. The van der Waals surface area contributed by atoms with Gasteiger partial charge in [0.1, 0.15) is 0 Å². The molecule has 1 aliphatic rings. The van der Waals surface area contributed by atoms with E-state index in [0.717, 1.165) is 11.3 Å². The Morgan fingerprint density at radius 2 is 1.95 bits per heavy atom. The zero-order chi connectivity index (χ0) is 15.4. The van der Waals surface area contributed by atoms with Gasteiger partial charge in [-0.15, -0.1) is 0 Å². The first-order valence-electron chi connectivity index (χ1n) is 6.83. The van der Waals surface area contributed by atoms with Crippen LogP contribution in [-0.2, 0) is 11.3 Å². The van der Waals surface area contributed by atoms with Crippen LogP contribution in [0.15, 0.2) is 18.2 Å². The van der Waals surface area contributed by atoms with Gasteiger partial charge in [0.05, 0.1) is 0 Å². The molecule has 21 heavy (non-hydrogen) atoms. The van der Waals surface area contributed by atoms with Crippen molar-refractivity contribution in [2.45, 2.75) is 13.5 Å². The molecule has 0 atom stereocenters. The normalized spacial score (nSPS) is 14.9. The summed E-state index contributed by atoms with van der Waals surface area (Å²) in [4.78, 5) is 25.5. The number of nitrogens with one attached hydrogen (secondary N) is 1. The van der Waals surface area contributed by atoms with Crippen LogP contribution in [0.25, 0.3) is 0 Å². The summed E-state index contributed by atoms with van der Waals surface area (Å²) < 4.78 is 0. The number of anilines is 2. The molecule has 4 N–H and O–H groups in total. The minimum atomic E-state index is -0.884. The van der Waals surface area contributed by atoms with Gasteiger partial charge in [-0.1, -0.05) is 0 Å². The molecule has 2 amide bonds. The molecule has 0 aromatic heterocycles. The predicted molar refractivity (Wildman–Crippen MR) is 80.2 cm³/mol. The number of nitrogens with two attached hydrogens (primary N) is 1. The number of hydrogen-bond donors (Lipinski definition) is 3. The molecule has 1 aromatic carbocycles. The molecule has 0 spiro atoms. The molecule has 2 rings (SSSR count). The van der Waals surface area contributed by atoms with Gasteiger partial charge in [0.2, 0.25) is 5.91 Å². The Morgan fingerprint density at radius 1 is 1.29 bits per heavy atom. The van der Waals surface area contributed by atoms with E-state index < -0.39 is 6.09 Å². The van der Waals surface area contributed by atoms with Gasteiger partial charge >= 0.3 is 6.09 Å². The van der Waals surface area contributed by atoms with E-state index >= 15 is 0 Å². The van der Waals surface area contributed by atoms with Crippen molar-refractivity contribution in [1.29, 1.82) is 0 Å². The van der Waals surface area contributed by atoms with Crippen molar-refractivity contribution in [3.63, 3.8) is 0 Å². The van der Waals surface area contributed by atoms with Crippen molar-refractivity contribution in [1.82, 2.24) is 10.2 Å². The fourth-order valence-electron chi connectivity index (χ4n) is 2.41. The molecule has 114 valence electrons. The van der Waals surface area contributed by atoms with Gasteiger partial charge in [0, 0.05) is 51.0 Å². The average molecular weight is 292 g/mol. The van der Waals surface area contributed by atoms with Crippen LogP contribution in [-0.4, -0.2) is 48.2 Å². The minimum absolute atomic E-state index is 0.0981. The number of carbonyl (C=O) groups is 2. The van der Waals surface area contributed by atoms with Crippen LogP contribution in [0.2, 0.25) is 0 Å². The van der Waals surface area contributed by atoms with E-state index in [1.54, 1.807) is 0 Å². The van der Waals surface area contributed by atoms with Crippen LogP contribution < -0.4 is 16.0 Å². The van der Waals surface area contributed by atoms with Crippen molar-refractivity contribution in [2.75, 3.05) is 36.8 Å². The Labute approximate surface area is 123 Å². The molecule has 0 bridgehead atoms. The summed E-state index contributed by atoms with van der Waals surface area (Å²) in [6, 6.07) is 5.58. The predicted octanol–water partition coefficient (Wildman–Crippen LogP) is 0.705. The molecule has 0 saturated carbocycles. The molecule has 1 fully saturated rings. The van der Waals surface area contributed by atoms with E-state index in [1.165, 1.54) is 11.8 Å². The molecule has 1 heterocycles. The summed E-state index contributed by atoms with van der Waals surface area (Å²) >= 11 is 0. The molecule has 1 saturated heterocycles. The van der Waals surface area contributed by atoms with Crippen LogP contribution in [0.3, 0.4) is 0 Å². The van der Waals surface area contributed by atoms with Crippen molar-refractivity contribution in [3.8, 4) is 0 Å². The van der Waals surface area contributed by atoms with Gasteiger partial charge in [-0.2, -0.15) is 0 Å². The largest absolute Gasteiger partial charge is 0.465 e. The third kappa shape index (κ3) is 3.77. The molecule has 7 heteroatoms. The molecular formula is C14H20N4O3. The van der Waals surface area contributed by atoms with Gasteiger partial charge in [0.15, 0.2) is 0 Å². The smallest absolute Gasteiger partial charge is 0.407 e. The van der Waals surface area contributed by atoms with Gasteiger partial charge in [-0.3, -0.25) is 4.79 Å². The minimum Gasteiger partial charge on any atom is -0.465 e. The van der Waals surface area contributed by atoms with Crippen LogP contribution in [0.1, 0.15) is 12.5 Å². The van der Waals surface area contributed by atoms with Crippen molar-refractivity contribution >= 4 is 23.4 Å². The highest BCUT2D eigenvalue weighted by Crippen LogP contribution is 2.24. The fourth-order valence-corrected chi connectivity index (χ4v) is 2.41. The third-order valence-electron chi connectivity index (χ3n) is 3.52. The Hall–Kier alpha value is -2.44. The monoisotopic (exact) mass is 292 g/mol. The number of nitrogens with zero attached hydrogens (tertiary/aromatic N) is 2. The zero-order valence-corrected chi connectivity index (χ0v) is 12.0. The molecule has 7 nitrogen and oxygen atoms in total. The number of nitrogen functional groups attached to an aromatic ring is 1. The maximum atomic E-state index is 11.1. The summed E-state index contributed by atoms with van der Waals surface area (Å²) in [5, 5.41) is 11.7. The lowest BCUT2D eigenvalue weighted by atomic mass is 10.1. The number of rotatable bonds is 3. The van der Waals surface area contributed by atoms with Gasteiger partial charge < -0.3 is 26.0 Å². The van der Waals surface area contributed by atoms with Crippen LogP contribution in [0, 0.1) is 0 Å². The number of hydrogen-bond acceptors (Lipinski definition) is 4. The Bertz CT molecular complexity index is 539. The molecule has 0 unspecified atom stereocenters. The van der Waals surface area contributed by atoms with Gasteiger partial charge in [0.25, 0.3) is 0 Å².